The first-order valence-corrected chi connectivity index (χ1v) is 7.58. The van der Waals surface area contributed by atoms with Crippen LogP contribution < -0.4 is 11.1 Å². The number of halogens is 3. The topological polar surface area (TPSA) is 78.5 Å². The van der Waals surface area contributed by atoms with Crippen molar-refractivity contribution in [3.8, 4) is 0 Å². The summed E-state index contributed by atoms with van der Waals surface area (Å²) in [6.07, 6.45) is -0.00172. The van der Waals surface area contributed by atoms with Crippen LogP contribution in [0.25, 0.3) is 0 Å². The molecule has 24 heavy (non-hydrogen) atoms. The molecule has 0 radical (unpaired) electrons. The minimum absolute atomic E-state index is 0. The number of rotatable bonds is 7. The summed E-state index contributed by atoms with van der Waals surface area (Å²) >= 11 is 5.92. The quantitative estimate of drug-likeness (QED) is 0.545. The highest BCUT2D eigenvalue weighted by atomic mass is 35.5. The largest absolute Gasteiger partial charge is 0.399 e. The summed E-state index contributed by atoms with van der Waals surface area (Å²) in [6.45, 7) is 0.340. The number of aliphatic hydroxyl groups is 2. The molecule has 0 unspecified atom stereocenters. The van der Waals surface area contributed by atoms with Crippen LogP contribution in [-0.2, 0) is 6.42 Å². The fraction of sp³-hybridized carbons (Fsp3) is 0.294. The summed E-state index contributed by atoms with van der Waals surface area (Å²) in [4.78, 5) is 0. The predicted molar refractivity (Wildman–Crippen MR) is 104 cm³/mol. The van der Waals surface area contributed by atoms with E-state index in [0.717, 1.165) is 11.1 Å². The normalized spacial score (nSPS) is 12.6. The minimum atomic E-state index is -0.667. The molecule has 0 aromatic heterocycles. The maximum absolute atomic E-state index is 10.2. The molecule has 0 fully saturated rings. The Labute approximate surface area is 159 Å². The Balaban J connectivity index is 0.00000264. The molecule has 7 heteroatoms. The summed E-state index contributed by atoms with van der Waals surface area (Å²) in [5.41, 5.74) is 8.21. The molecule has 2 atom stereocenters. The average Bonchev–Trinajstić information content (AvgIpc) is 2.53. The Morgan fingerprint density at radius 2 is 1.75 bits per heavy atom. The Morgan fingerprint density at radius 3 is 2.33 bits per heavy atom. The molecule has 0 aliphatic rings. The minimum Gasteiger partial charge on any atom is -0.399 e. The molecule has 2 aromatic rings. The van der Waals surface area contributed by atoms with E-state index in [2.05, 4.69) is 5.32 Å². The van der Waals surface area contributed by atoms with Crippen LogP contribution >= 0.6 is 36.4 Å². The number of nitrogens with two attached hydrogens (primary N) is 1. The number of hydrogen-bond acceptors (Lipinski definition) is 4. The highest BCUT2D eigenvalue weighted by molar-refractivity contribution is 6.30. The van der Waals surface area contributed by atoms with E-state index in [1.807, 2.05) is 30.3 Å². The van der Waals surface area contributed by atoms with Gasteiger partial charge in [0.25, 0.3) is 0 Å². The maximum atomic E-state index is 10.2. The van der Waals surface area contributed by atoms with Crippen LogP contribution in [0.5, 0.6) is 0 Å². The van der Waals surface area contributed by atoms with Crippen molar-refractivity contribution < 1.29 is 10.2 Å². The summed E-state index contributed by atoms with van der Waals surface area (Å²) in [7, 11) is 0. The van der Waals surface area contributed by atoms with Gasteiger partial charge in [-0.3, -0.25) is 0 Å². The van der Waals surface area contributed by atoms with Gasteiger partial charge in [0.2, 0.25) is 0 Å². The molecule has 134 valence electrons. The smallest absolute Gasteiger partial charge is 0.0915 e. The number of nitrogen functional groups attached to an aromatic ring is 1. The molecular weight excluding hydrogens is 371 g/mol. The van der Waals surface area contributed by atoms with E-state index < -0.39 is 6.10 Å². The van der Waals surface area contributed by atoms with Crippen molar-refractivity contribution in [2.75, 3.05) is 18.9 Å². The van der Waals surface area contributed by atoms with Crippen LogP contribution in [0.1, 0.15) is 17.2 Å². The monoisotopic (exact) mass is 392 g/mol. The van der Waals surface area contributed by atoms with Gasteiger partial charge < -0.3 is 21.3 Å². The second-order valence-electron chi connectivity index (χ2n) is 5.30. The van der Waals surface area contributed by atoms with Crippen molar-refractivity contribution in [2.24, 2.45) is 0 Å². The third-order valence-electron chi connectivity index (χ3n) is 3.52. The molecule has 0 amide bonds. The van der Waals surface area contributed by atoms with Crippen LogP contribution in [0.3, 0.4) is 0 Å². The molecule has 2 rings (SSSR count). The zero-order valence-electron chi connectivity index (χ0n) is 13.1. The fourth-order valence-electron chi connectivity index (χ4n) is 2.25. The molecule has 0 heterocycles. The molecular formula is C17H23Cl3N2O2. The summed E-state index contributed by atoms with van der Waals surface area (Å²) in [5.74, 6) is 0. The first-order valence-electron chi connectivity index (χ1n) is 7.20. The highest BCUT2D eigenvalue weighted by Crippen LogP contribution is 2.17. The van der Waals surface area contributed by atoms with Crippen LogP contribution in [0.4, 0.5) is 5.69 Å². The molecule has 0 saturated heterocycles. The summed E-state index contributed by atoms with van der Waals surface area (Å²) in [5, 5.41) is 23.4. The zero-order valence-corrected chi connectivity index (χ0v) is 15.4. The lowest BCUT2D eigenvalue weighted by atomic mass is 10.0. The molecule has 4 nitrogen and oxygen atoms in total. The van der Waals surface area contributed by atoms with Gasteiger partial charge in [-0.25, -0.2) is 0 Å². The van der Waals surface area contributed by atoms with Crippen LogP contribution in [0.15, 0.2) is 48.5 Å². The summed E-state index contributed by atoms with van der Waals surface area (Å²) < 4.78 is 0. The van der Waals surface area contributed by atoms with E-state index in [4.69, 9.17) is 17.3 Å². The number of anilines is 1. The van der Waals surface area contributed by atoms with E-state index in [1.165, 1.54) is 0 Å². The second kappa shape index (κ2) is 11.5. The molecule has 5 N–H and O–H groups in total. The molecule has 2 aromatic carbocycles. The van der Waals surface area contributed by atoms with Gasteiger partial charge >= 0.3 is 0 Å². The van der Waals surface area contributed by atoms with Gasteiger partial charge in [0, 0.05) is 23.3 Å². The van der Waals surface area contributed by atoms with Crippen LogP contribution in [0, 0.1) is 0 Å². The van der Waals surface area contributed by atoms with Crippen molar-refractivity contribution in [2.45, 2.75) is 18.6 Å². The van der Waals surface area contributed by atoms with Gasteiger partial charge in [-0.2, -0.15) is 0 Å². The van der Waals surface area contributed by atoms with Crippen molar-refractivity contribution >= 4 is 42.1 Å². The third-order valence-corrected chi connectivity index (χ3v) is 3.75. The van der Waals surface area contributed by atoms with E-state index >= 15 is 0 Å². The van der Waals surface area contributed by atoms with Gasteiger partial charge in [-0.05, 0) is 41.8 Å². The second-order valence-corrected chi connectivity index (χ2v) is 5.74. The fourth-order valence-corrected chi connectivity index (χ4v) is 2.45. The lowest BCUT2D eigenvalue weighted by Gasteiger charge is -2.19. The molecule has 0 aliphatic heterocycles. The van der Waals surface area contributed by atoms with Crippen molar-refractivity contribution in [3.63, 3.8) is 0 Å². The number of aliphatic hydroxyl groups excluding tert-OH is 2. The molecule has 0 spiro atoms. The van der Waals surface area contributed by atoms with Crippen molar-refractivity contribution in [1.82, 2.24) is 5.32 Å². The summed E-state index contributed by atoms with van der Waals surface area (Å²) in [6, 6.07) is 14.6. The third kappa shape index (κ3) is 7.26. The number of hydrogen-bond donors (Lipinski definition) is 4. The van der Waals surface area contributed by atoms with Gasteiger partial charge in [0.15, 0.2) is 0 Å². The maximum Gasteiger partial charge on any atom is 0.0915 e. The zero-order chi connectivity index (χ0) is 15.9. The van der Waals surface area contributed by atoms with Crippen molar-refractivity contribution in [1.29, 1.82) is 0 Å². The lowest BCUT2D eigenvalue weighted by molar-refractivity contribution is 0.158. The van der Waals surface area contributed by atoms with E-state index in [1.54, 1.807) is 18.2 Å². The number of benzene rings is 2. The number of nitrogens with one attached hydrogen (secondary N) is 1. The van der Waals surface area contributed by atoms with E-state index in [9.17, 15) is 10.2 Å². The molecule has 0 bridgehead atoms. The lowest BCUT2D eigenvalue weighted by Crippen LogP contribution is -2.37. The first-order chi connectivity index (χ1) is 10.6. The van der Waals surface area contributed by atoms with Crippen LogP contribution in [0.2, 0.25) is 5.02 Å². The van der Waals surface area contributed by atoms with E-state index in [-0.39, 0.29) is 37.5 Å². The van der Waals surface area contributed by atoms with Gasteiger partial charge in [-0.1, -0.05) is 35.9 Å². The first kappa shape index (κ1) is 23.0. The Kier molecular flexibility index (Phi) is 11.0. The Bertz CT molecular complexity index is 597. The average molecular weight is 394 g/mol. The van der Waals surface area contributed by atoms with Crippen molar-refractivity contribution in [3.05, 3.63) is 64.7 Å². The Morgan fingerprint density at radius 1 is 1.08 bits per heavy atom. The van der Waals surface area contributed by atoms with Gasteiger partial charge in [0.1, 0.15) is 0 Å². The van der Waals surface area contributed by atoms with Gasteiger partial charge in [0.05, 0.1) is 12.7 Å². The SMILES string of the molecule is Cl.Cl.Nc1ccc(C[C@@H](CO)NC[C@H](O)c2cccc(Cl)c2)cc1. The molecule has 0 saturated carbocycles. The Hall–Kier alpha value is -1.01. The predicted octanol–water partition coefficient (Wildman–Crippen LogP) is 2.99. The van der Waals surface area contributed by atoms with Gasteiger partial charge in [-0.15, -0.1) is 24.8 Å². The molecule has 0 aliphatic carbocycles. The van der Waals surface area contributed by atoms with E-state index in [0.29, 0.717) is 23.7 Å². The van der Waals surface area contributed by atoms with Crippen LogP contribution in [-0.4, -0.2) is 29.4 Å². The highest BCUT2D eigenvalue weighted by Gasteiger charge is 2.12. The standard InChI is InChI=1S/C17H21ClN2O2.2ClH/c18-14-3-1-2-13(9-14)17(22)10-20-16(11-21)8-12-4-6-15(19)7-5-12;;/h1-7,9,16-17,20-22H,8,10-11,19H2;2*1H/t16-,17-;;/m0../s1.